The quantitative estimate of drug-likeness (QED) is 0.546. The molecule has 1 aromatic rings. The minimum atomic E-state index is -4.90. The van der Waals surface area contributed by atoms with E-state index in [2.05, 4.69) is 10.6 Å². The topological polar surface area (TPSA) is 27.3 Å². The molecule has 2 N–H and O–H groups in total. The highest BCUT2D eigenvalue weighted by Gasteiger charge is 2.37. The molecule has 3 nitrogen and oxygen atoms in total. The lowest BCUT2D eigenvalue weighted by molar-refractivity contribution is -0.143. The van der Waals surface area contributed by atoms with E-state index in [1.165, 1.54) is 0 Å². The van der Waals surface area contributed by atoms with Crippen LogP contribution in [0.5, 0.6) is 0 Å². The number of likely N-dealkylation sites (N-methyl/N-ethyl adjacent to an activating group) is 1. The Morgan fingerprint density at radius 3 is 1.96 bits per heavy atom. The highest BCUT2D eigenvalue weighted by atomic mass is 32.1. The number of nitrogens with zero attached hydrogens (tertiary/aromatic N) is 1. The average molecular weight is 413 g/mol. The lowest BCUT2D eigenvalue weighted by Crippen LogP contribution is -2.52. The highest BCUT2D eigenvalue weighted by Crippen LogP contribution is 2.37. The largest absolute Gasteiger partial charge is 0.416 e. The summed E-state index contributed by atoms with van der Waals surface area (Å²) < 4.78 is 77.6. The summed E-state index contributed by atoms with van der Waals surface area (Å²) >= 11 is 5.13. The number of thiocarbonyl (C=S) groups is 1. The molecule has 1 aliphatic rings. The van der Waals surface area contributed by atoms with Gasteiger partial charge in [-0.1, -0.05) is 12.8 Å². The molecule has 0 aliphatic heterocycles. The molecule has 0 unspecified atom stereocenters. The van der Waals surface area contributed by atoms with Crippen molar-refractivity contribution in [2.45, 2.75) is 50.1 Å². The van der Waals surface area contributed by atoms with Gasteiger partial charge in [-0.2, -0.15) is 26.3 Å². The number of alkyl halides is 6. The Morgan fingerprint density at radius 2 is 1.48 bits per heavy atom. The van der Waals surface area contributed by atoms with Crippen molar-refractivity contribution in [2.75, 3.05) is 19.4 Å². The van der Waals surface area contributed by atoms with E-state index in [0.717, 1.165) is 25.7 Å². The van der Waals surface area contributed by atoms with E-state index < -0.39 is 23.5 Å². The van der Waals surface area contributed by atoms with Crippen LogP contribution in [0.3, 0.4) is 0 Å². The Bertz CT molecular complexity index is 639. The molecule has 0 amide bonds. The number of halogens is 6. The molecule has 1 aromatic carbocycles. The molecule has 2 rings (SSSR count). The first kappa shape index (κ1) is 21.7. The fourth-order valence-electron chi connectivity index (χ4n) is 3.26. The Morgan fingerprint density at radius 1 is 0.963 bits per heavy atom. The van der Waals surface area contributed by atoms with Gasteiger partial charge in [-0.05, 0) is 57.4 Å². The second-order valence-electron chi connectivity index (χ2n) is 6.81. The monoisotopic (exact) mass is 413 g/mol. The summed E-state index contributed by atoms with van der Waals surface area (Å²) in [5, 5.41) is 5.51. The zero-order chi connectivity index (χ0) is 20.4. The predicted octanol–water partition coefficient (Wildman–Crippen LogP) is 4.88. The second-order valence-corrected chi connectivity index (χ2v) is 7.22. The normalized spacial score (nSPS) is 21.2. The molecule has 0 heterocycles. The summed E-state index contributed by atoms with van der Waals surface area (Å²) in [5.74, 6) is 0. The summed E-state index contributed by atoms with van der Waals surface area (Å²) in [6.45, 7) is 0. The summed E-state index contributed by atoms with van der Waals surface area (Å²) in [4.78, 5) is 2.03. The maximum Gasteiger partial charge on any atom is 0.416 e. The number of hydrogen-bond donors (Lipinski definition) is 2. The molecular formula is C17H21F6N3S. The van der Waals surface area contributed by atoms with Gasteiger partial charge in [0.25, 0.3) is 0 Å². The van der Waals surface area contributed by atoms with Crippen LogP contribution in [0.4, 0.5) is 32.0 Å². The van der Waals surface area contributed by atoms with Crippen molar-refractivity contribution in [3.05, 3.63) is 29.3 Å². The van der Waals surface area contributed by atoms with E-state index in [0.29, 0.717) is 12.1 Å². The van der Waals surface area contributed by atoms with E-state index in [4.69, 9.17) is 12.2 Å². The average Bonchev–Trinajstić information content (AvgIpc) is 2.53. The van der Waals surface area contributed by atoms with Crippen LogP contribution in [0.25, 0.3) is 0 Å². The lowest BCUT2D eigenvalue weighted by Gasteiger charge is -2.37. The molecule has 1 saturated carbocycles. The molecule has 0 bridgehead atoms. The standard InChI is InChI=1S/C17H21F6N3S/c1-26(2)14-6-4-3-5-13(14)25-15(27)24-12-8-10(16(18,19)20)7-11(9-12)17(21,22)23/h7-9,13-14H,3-6H2,1-2H3,(H2,24,25,27)/t13-,14-/m1/s1. The molecule has 0 saturated heterocycles. The van der Waals surface area contributed by atoms with Crippen molar-refractivity contribution in [3.8, 4) is 0 Å². The van der Waals surface area contributed by atoms with Crippen molar-refractivity contribution >= 4 is 23.0 Å². The summed E-state index contributed by atoms with van der Waals surface area (Å²) in [5.41, 5.74) is -3.12. The van der Waals surface area contributed by atoms with Crippen molar-refractivity contribution in [3.63, 3.8) is 0 Å². The minimum Gasteiger partial charge on any atom is -0.358 e. The molecule has 27 heavy (non-hydrogen) atoms. The third-order valence-corrected chi connectivity index (χ3v) is 4.77. The number of hydrogen-bond acceptors (Lipinski definition) is 2. The van der Waals surface area contributed by atoms with Gasteiger partial charge in [-0.15, -0.1) is 0 Å². The third-order valence-electron chi connectivity index (χ3n) is 4.55. The van der Waals surface area contributed by atoms with Crippen LogP contribution >= 0.6 is 12.2 Å². The van der Waals surface area contributed by atoms with Crippen LogP contribution in [0.1, 0.15) is 36.8 Å². The number of nitrogens with one attached hydrogen (secondary N) is 2. The van der Waals surface area contributed by atoms with E-state index in [1.807, 2.05) is 19.0 Å². The SMILES string of the molecule is CN(C)[C@@H]1CCCC[C@H]1NC(=S)Nc1cc(C(F)(F)F)cc(C(F)(F)F)c1. The molecular weight excluding hydrogens is 392 g/mol. The van der Waals surface area contributed by atoms with E-state index >= 15 is 0 Å². The Hall–Kier alpha value is -1.55. The fraction of sp³-hybridized carbons (Fsp3) is 0.588. The predicted molar refractivity (Wildman–Crippen MR) is 95.5 cm³/mol. The van der Waals surface area contributed by atoms with Gasteiger partial charge in [-0.3, -0.25) is 0 Å². The summed E-state index contributed by atoms with van der Waals surface area (Å²) in [7, 11) is 3.84. The fourth-order valence-corrected chi connectivity index (χ4v) is 3.53. The van der Waals surface area contributed by atoms with Crippen LogP contribution in [-0.2, 0) is 12.4 Å². The molecule has 0 radical (unpaired) electrons. The molecule has 152 valence electrons. The number of rotatable bonds is 3. The highest BCUT2D eigenvalue weighted by molar-refractivity contribution is 7.80. The zero-order valence-electron chi connectivity index (χ0n) is 14.8. The Labute approximate surface area is 159 Å². The molecule has 1 aliphatic carbocycles. The van der Waals surface area contributed by atoms with Gasteiger partial charge >= 0.3 is 12.4 Å². The van der Waals surface area contributed by atoms with Gasteiger partial charge in [0.2, 0.25) is 0 Å². The van der Waals surface area contributed by atoms with Crippen LogP contribution < -0.4 is 10.6 Å². The molecule has 10 heteroatoms. The van der Waals surface area contributed by atoms with Gasteiger partial charge in [0.05, 0.1) is 11.1 Å². The van der Waals surface area contributed by atoms with Crippen LogP contribution in [0.15, 0.2) is 18.2 Å². The Kier molecular flexibility index (Phi) is 6.62. The van der Waals surface area contributed by atoms with E-state index in [9.17, 15) is 26.3 Å². The molecule has 2 atom stereocenters. The Balaban J connectivity index is 2.19. The van der Waals surface area contributed by atoms with Crippen LogP contribution in [-0.4, -0.2) is 36.2 Å². The maximum absolute atomic E-state index is 12.9. The smallest absolute Gasteiger partial charge is 0.358 e. The van der Waals surface area contributed by atoms with E-state index in [1.54, 1.807) is 0 Å². The summed E-state index contributed by atoms with van der Waals surface area (Å²) in [6, 6.07) is 1.48. The first-order valence-electron chi connectivity index (χ1n) is 8.41. The van der Waals surface area contributed by atoms with Gasteiger partial charge in [0.1, 0.15) is 0 Å². The molecule has 0 spiro atoms. The van der Waals surface area contributed by atoms with Crippen molar-refractivity contribution in [1.29, 1.82) is 0 Å². The van der Waals surface area contributed by atoms with E-state index in [-0.39, 0.29) is 28.9 Å². The first-order chi connectivity index (χ1) is 12.4. The van der Waals surface area contributed by atoms with Gasteiger partial charge in [0.15, 0.2) is 5.11 Å². The zero-order valence-corrected chi connectivity index (χ0v) is 15.7. The van der Waals surface area contributed by atoms with Gasteiger partial charge in [0, 0.05) is 17.8 Å². The van der Waals surface area contributed by atoms with Crippen LogP contribution in [0.2, 0.25) is 0 Å². The number of anilines is 1. The maximum atomic E-state index is 12.9. The minimum absolute atomic E-state index is 0.00111. The van der Waals surface area contributed by atoms with Crippen molar-refractivity contribution < 1.29 is 26.3 Å². The lowest BCUT2D eigenvalue weighted by atomic mass is 9.90. The van der Waals surface area contributed by atoms with Crippen molar-refractivity contribution in [1.82, 2.24) is 10.2 Å². The van der Waals surface area contributed by atoms with Crippen molar-refractivity contribution in [2.24, 2.45) is 0 Å². The third kappa shape index (κ3) is 5.97. The number of benzene rings is 1. The summed E-state index contributed by atoms with van der Waals surface area (Å²) in [6.07, 6.45) is -6.00. The van der Waals surface area contributed by atoms with Gasteiger partial charge in [-0.25, -0.2) is 0 Å². The van der Waals surface area contributed by atoms with Crippen LogP contribution in [0, 0.1) is 0 Å². The van der Waals surface area contributed by atoms with Gasteiger partial charge < -0.3 is 15.5 Å². The second kappa shape index (κ2) is 8.22. The molecule has 1 fully saturated rings. The first-order valence-corrected chi connectivity index (χ1v) is 8.82. The molecule has 0 aromatic heterocycles.